The van der Waals surface area contributed by atoms with Gasteiger partial charge in [-0.3, -0.25) is 10.2 Å². The molecule has 0 bridgehead atoms. The Hall–Kier alpha value is -1.31. The second-order valence-electron chi connectivity index (χ2n) is 3.03. The Bertz CT molecular complexity index is 551. The highest BCUT2D eigenvalue weighted by atomic mass is 79.9. The lowest BCUT2D eigenvalue weighted by molar-refractivity contribution is 0.112. The van der Waals surface area contributed by atoms with Crippen LogP contribution < -0.4 is 5.73 Å². The molecular weight excluding hydrogens is 357 g/mol. The van der Waals surface area contributed by atoms with Gasteiger partial charge in [-0.25, -0.2) is 9.37 Å². The summed E-state index contributed by atoms with van der Waals surface area (Å²) in [5.74, 6) is -0.308. The molecule has 0 saturated heterocycles. The van der Waals surface area contributed by atoms with Gasteiger partial charge in [0.1, 0.15) is 5.82 Å². The van der Waals surface area contributed by atoms with Crippen molar-refractivity contribution in [3.8, 4) is 0 Å². The number of rotatable bonds is 2. The number of aldehydes is 1. The van der Waals surface area contributed by atoms with Gasteiger partial charge in [0.15, 0.2) is 17.1 Å². The molecule has 0 spiro atoms. The van der Waals surface area contributed by atoms with Crippen molar-refractivity contribution in [3.05, 3.63) is 50.6 Å². The van der Waals surface area contributed by atoms with Crippen LogP contribution in [0.1, 0.15) is 15.4 Å². The molecule has 1 aromatic heterocycles. The number of aromatic nitrogens is 1. The molecule has 0 aliphatic carbocycles. The highest BCUT2D eigenvalue weighted by Gasteiger charge is 1.97. The van der Waals surface area contributed by atoms with Crippen LogP contribution in [0.4, 0.5) is 4.39 Å². The summed E-state index contributed by atoms with van der Waals surface area (Å²) in [6.07, 6.45) is 2.30. The lowest BCUT2D eigenvalue weighted by Crippen LogP contribution is -2.09. The Labute approximate surface area is 127 Å². The van der Waals surface area contributed by atoms with E-state index in [0.717, 1.165) is 0 Å². The van der Waals surface area contributed by atoms with Crippen molar-refractivity contribution in [3.63, 3.8) is 0 Å². The largest absolute Gasteiger partial charge is 0.382 e. The number of nitrogens with one attached hydrogen (secondary N) is 1. The Kier molecular flexibility index (Phi) is 8.13. The molecule has 0 amide bonds. The summed E-state index contributed by atoms with van der Waals surface area (Å²) in [6.45, 7) is 0. The molecule has 8 heteroatoms. The van der Waals surface area contributed by atoms with Gasteiger partial charge in [0.05, 0.1) is 0 Å². The Morgan fingerprint density at radius 2 is 2.21 bits per heavy atom. The topological polar surface area (TPSA) is 79.8 Å². The zero-order chi connectivity index (χ0) is 13.5. The number of nitrogen functional groups attached to an aromatic ring is 1. The number of carbonyl (C=O) groups is 1. The fourth-order valence-corrected chi connectivity index (χ4v) is 1.90. The van der Waals surface area contributed by atoms with Gasteiger partial charge in [0, 0.05) is 21.6 Å². The number of thiazole rings is 1. The van der Waals surface area contributed by atoms with Crippen molar-refractivity contribution in [1.29, 1.82) is 5.41 Å². The fourth-order valence-electron chi connectivity index (χ4n) is 0.954. The number of hydrogen-bond donors (Lipinski definition) is 2. The summed E-state index contributed by atoms with van der Waals surface area (Å²) >= 11 is 4.41. The number of hydrogen-bond acceptors (Lipinski definition) is 4. The minimum Gasteiger partial charge on any atom is -0.382 e. The van der Waals surface area contributed by atoms with Crippen LogP contribution in [0.15, 0.2) is 34.2 Å². The van der Waals surface area contributed by atoms with Crippen LogP contribution in [0.2, 0.25) is 0 Å². The number of carbonyl (C=O) groups excluding carboxylic acids is 1. The van der Waals surface area contributed by atoms with Crippen molar-refractivity contribution in [2.45, 2.75) is 0 Å². The number of halogens is 3. The molecule has 1 heterocycles. The van der Waals surface area contributed by atoms with Gasteiger partial charge >= 0.3 is 0 Å². The van der Waals surface area contributed by atoms with Crippen LogP contribution in [0.5, 0.6) is 0 Å². The smallest absolute Gasteiger partial charge is 0.157 e. The van der Waals surface area contributed by atoms with E-state index in [-0.39, 0.29) is 24.1 Å². The molecule has 0 atom stereocenters. The summed E-state index contributed by atoms with van der Waals surface area (Å²) in [5, 5.41) is 9.25. The van der Waals surface area contributed by atoms with Crippen molar-refractivity contribution < 1.29 is 9.18 Å². The molecular formula is C11H10BrClFN3OS. The number of benzene rings is 1. The van der Waals surface area contributed by atoms with E-state index in [4.69, 9.17) is 11.1 Å². The van der Waals surface area contributed by atoms with E-state index in [1.54, 1.807) is 11.6 Å². The van der Waals surface area contributed by atoms with E-state index in [1.165, 1.54) is 29.5 Å². The van der Waals surface area contributed by atoms with Gasteiger partial charge in [-0.15, -0.1) is 23.7 Å². The zero-order valence-corrected chi connectivity index (χ0v) is 12.7. The second kappa shape index (κ2) is 8.73. The number of nitrogens with two attached hydrogens (primary N) is 1. The lowest BCUT2D eigenvalue weighted by atomic mass is 10.2. The summed E-state index contributed by atoms with van der Waals surface area (Å²) in [6, 6.07) is 3.92. The minimum absolute atomic E-state index is 0. The summed E-state index contributed by atoms with van der Waals surface area (Å²) in [7, 11) is 0. The molecule has 1 aromatic carbocycles. The molecule has 0 fully saturated rings. The molecule has 0 unspecified atom stereocenters. The number of amidine groups is 1. The third-order valence-electron chi connectivity index (χ3n) is 1.75. The minimum atomic E-state index is -0.350. The molecule has 4 nitrogen and oxygen atoms in total. The summed E-state index contributed by atoms with van der Waals surface area (Å²) in [4.78, 5) is 14.0. The van der Waals surface area contributed by atoms with E-state index in [0.29, 0.717) is 21.3 Å². The Morgan fingerprint density at radius 1 is 1.53 bits per heavy atom. The molecule has 2 rings (SSSR count). The SMILES string of the molecule is Cl.N=C(N)c1nccs1.O=Cc1ccc(F)cc1Br. The molecule has 19 heavy (non-hydrogen) atoms. The van der Waals surface area contributed by atoms with E-state index >= 15 is 0 Å². The van der Waals surface area contributed by atoms with Crippen LogP contribution >= 0.6 is 39.7 Å². The van der Waals surface area contributed by atoms with Crippen molar-refractivity contribution in [2.75, 3.05) is 0 Å². The summed E-state index contributed by atoms with van der Waals surface area (Å²) in [5.41, 5.74) is 5.55. The third-order valence-corrected chi connectivity index (χ3v) is 3.25. The van der Waals surface area contributed by atoms with Gasteiger partial charge in [0.2, 0.25) is 0 Å². The Morgan fingerprint density at radius 3 is 2.58 bits per heavy atom. The first kappa shape index (κ1) is 17.7. The normalized spacial score (nSPS) is 8.74. The number of nitrogens with zero attached hydrogens (tertiary/aromatic N) is 1. The maximum Gasteiger partial charge on any atom is 0.157 e. The predicted octanol–water partition coefficient (Wildman–Crippen LogP) is 3.25. The predicted molar refractivity (Wildman–Crippen MR) is 79.9 cm³/mol. The van der Waals surface area contributed by atoms with Gasteiger partial charge < -0.3 is 5.73 Å². The van der Waals surface area contributed by atoms with Crippen molar-refractivity contribution in [1.82, 2.24) is 4.98 Å². The molecule has 2 aromatic rings. The first-order valence-electron chi connectivity index (χ1n) is 4.68. The molecule has 3 N–H and O–H groups in total. The van der Waals surface area contributed by atoms with Gasteiger partial charge in [-0.2, -0.15) is 0 Å². The van der Waals surface area contributed by atoms with Crippen LogP contribution in [0.25, 0.3) is 0 Å². The lowest BCUT2D eigenvalue weighted by Gasteiger charge is -1.93. The first-order chi connectivity index (χ1) is 8.54. The average Bonchev–Trinajstić information content (AvgIpc) is 2.83. The average molecular weight is 367 g/mol. The summed E-state index contributed by atoms with van der Waals surface area (Å²) < 4.78 is 12.8. The molecule has 0 aliphatic rings. The maximum atomic E-state index is 12.3. The van der Waals surface area contributed by atoms with Gasteiger partial charge in [-0.05, 0) is 34.1 Å². The Balaban J connectivity index is 0.000000331. The third kappa shape index (κ3) is 5.91. The highest BCUT2D eigenvalue weighted by molar-refractivity contribution is 9.10. The van der Waals surface area contributed by atoms with Crippen molar-refractivity contribution in [2.24, 2.45) is 5.73 Å². The molecule has 0 aliphatic heterocycles. The second-order valence-corrected chi connectivity index (χ2v) is 4.78. The maximum absolute atomic E-state index is 12.3. The van der Waals surface area contributed by atoms with Crippen LogP contribution in [0.3, 0.4) is 0 Å². The fraction of sp³-hybridized carbons (Fsp3) is 0. The standard InChI is InChI=1S/C7H4BrFO.C4H5N3S.ClH/c8-7-3-6(9)2-1-5(7)4-10;5-3(6)4-7-1-2-8-4;/h1-4H;1-2H,(H3,5,6);1H. The van der Waals surface area contributed by atoms with E-state index in [2.05, 4.69) is 20.9 Å². The van der Waals surface area contributed by atoms with Crippen LogP contribution in [-0.4, -0.2) is 17.1 Å². The quantitative estimate of drug-likeness (QED) is 0.486. The monoisotopic (exact) mass is 365 g/mol. The van der Waals surface area contributed by atoms with Crippen LogP contribution in [0, 0.1) is 11.2 Å². The molecule has 102 valence electrons. The van der Waals surface area contributed by atoms with E-state index < -0.39 is 0 Å². The zero-order valence-electron chi connectivity index (χ0n) is 9.47. The van der Waals surface area contributed by atoms with E-state index in [1.807, 2.05) is 0 Å². The molecule has 0 radical (unpaired) electrons. The van der Waals surface area contributed by atoms with Gasteiger partial charge in [-0.1, -0.05) is 0 Å². The highest BCUT2D eigenvalue weighted by Crippen LogP contribution is 2.15. The first-order valence-corrected chi connectivity index (χ1v) is 6.36. The van der Waals surface area contributed by atoms with Crippen LogP contribution in [-0.2, 0) is 0 Å². The van der Waals surface area contributed by atoms with Gasteiger partial charge in [0.25, 0.3) is 0 Å². The van der Waals surface area contributed by atoms with E-state index in [9.17, 15) is 9.18 Å². The van der Waals surface area contributed by atoms with Crippen molar-refractivity contribution >= 4 is 51.8 Å². The molecule has 0 saturated carbocycles.